The molecule has 0 aromatic heterocycles. The third kappa shape index (κ3) is 6.57. The van der Waals surface area contributed by atoms with E-state index in [1.54, 1.807) is 0 Å². The van der Waals surface area contributed by atoms with E-state index in [4.69, 9.17) is 14.5 Å². The molecule has 0 saturated carbocycles. The van der Waals surface area contributed by atoms with Gasteiger partial charge in [-0.2, -0.15) is 0 Å². The average molecular weight is 341 g/mol. The minimum Gasteiger partial charge on any atom is -0.380 e. The van der Waals surface area contributed by atoms with Crippen molar-refractivity contribution in [2.75, 3.05) is 65.7 Å². The Morgan fingerprint density at radius 2 is 2.04 bits per heavy atom. The highest BCUT2D eigenvalue weighted by atomic mass is 16.5. The molecule has 1 atom stereocenters. The number of aliphatic imine (C=N–C) groups is 1. The Morgan fingerprint density at radius 1 is 1.25 bits per heavy atom. The first-order chi connectivity index (χ1) is 11.7. The molecule has 24 heavy (non-hydrogen) atoms. The lowest BCUT2D eigenvalue weighted by atomic mass is 10.1. The Labute approximate surface area is 147 Å². The van der Waals surface area contributed by atoms with Gasteiger partial charge in [-0.05, 0) is 25.7 Å². The largest absolute Gasteiger partial charge is 0.380 e. The fourth-order valence-corrected chi connectivity index (χ4v) is 3.24. The molecule has 2 saturated heterocycles. The summed E-state index contributed by atoms with van der Waals surface area (Å²) in [6, 6.07) is 0.639. The van der Waals surface area contributed by atoms with Crippen LogP contribution in [0.1, 0.15) is 33.6 Å². The van der Waals surface area contributed by atoms with Crippen LogP contribution < -0.4 is 5.32 Å². The number of guanidine groups is 1. The van der Waals surface area contributed by atoms with E-state index in [1.165, 1.54) is 6.42 Å². The normalized spacial score (nSPS) is 23.2. The molecular weight excluding hydrogens is 304 g/mol. The van der Waals surface area contributed by atoms with E-state index in [0.29, 0.717) is 18.6 Å². The van der Waals surface area contributed by atoms with Crippen molar-refractivity contribution >= 4 is 5.96 Å². The van der Waals surface area contributed by atoms with Gasteiger partial charge >= 0.3 is 0 Å². The molecule has 2 fully saturated rings. The van der Waals surface area contributed by atoms with Gasteiger partial charge in [0.15, 0.2) is 5.96 Å². The molecule has 1 N–H and O–H groups in total. The molecule has 0 aromatic rings. The number of morpholine rings is 1. The van der Waals surface area contributed by atoms with Gasteiger partial charge in [0.1, 0.15) is 0 Å². The summed E-state index contributed by atoms with van der Waals surface area (Å²) in [4.78, 5) is 9.73. The van der Waals surface area contributed by atoms with Crippen LogP contribution in [0.5, 0.6) is 0 Å². The number of nitrogens with one attached hydrogen (secondary N) is 1. The molecule has 1 unspecified atom stereocenters. The van der Waals surface area contributed by atoms with Gasteiger partial charge in [-0.3, -0.25) is 9.89 Å². The van der Waals surface area contributed by atoms with E-state index >= 15 is 0 Å². The maximum Gasteiger partial charge on any atom is 0.194 e. The van der Waals surface area contributed by atoms with Crippen LogP contribution in [0.4, 0.5) is 0 Å². The molecule has 2 aliphatic rings. The highest BCUT2D eigenvalue weighted by Gasteiger charge is 2.30. The lowest BCUT2D eigenvalue weighted by molar-refractivity contribution is 0.0195. The zero-order valence-electron chi connectivity index (χ0n) is 15.8. The summed E-state index contributed by atoms with van der Waals surface area (Å²) in [5, 5.41) is 3.43. The number of rotatable bonds is 8. The van der Waals surface area contributed by atoms with Gasteiger partial charge < -0.3 is 19.7 Å². The van der Waals surface area contributed by atoms with Crippen LogP contribution >= 0.6 is 0 Å². The molecule has 0 spiro atoms. The van der Waals surface area contributed by atoms with E-state index in [0.717, 1.165) is 71.5 Å². The predicted octanol–water partition coefficient (Wildman–Crippen LogP) is 1.42. The van der Waals surface area contributed by atoms with Gasteiger partial charge in [0.25, 0.3) is 0 Å². The van der Waals surface area contributed by atoms with Gasteiger partial charge in [0.05, 0.1) is 26.4 Å². The van der Waals surface area contributed by atoms with E-state index in [9.17, 15) is 0 Å². The molecule has 0 aromatic carbocycles. The zero-order valence-corrected chi connectivity index (χ0v) is 15.8. The lowest BCUT2D eigenvalue weighted by Crippen LogP contribution is -2.46. The van der Waals surface area contributed by atoms with E-state index in [2.05, 4.69) is 35.9 Å². The van der Waals surface area contributed by atoms with Crippen molar-refractivity contribution in [2.24, 2.45) is 10.9 Å². The lowest BCUT2D eigenvalue weighted by Gasteiger charge is -2.32. The van der Waals surface area contributed by atoms with Crippen LogP contribution in [0.15, 0.2) is 4.99 Å². The van der Waals surface area contributed by atoms with Crippen LogP contribution in [0.2, 0.25) is 0 Å². The second-order valence-electron chi connectivity index (χ2n) is 7.07. The van der Waals surface area contributed by atoms with E-state index < -0.39 is 0 Å². The fraction of sp³-hybridized carbons (Fsp3) is 0.944. The Balaban J connectivity index is 1.74. The summed E-state index contributed by atoms with van der Waals surface area (Å²) in [6.07, 6.45) is 2.34. The molecular formula is C18H36N4O2. The van der Waals surface area contributed by atoms with Crippen molar-refractivity contribution in [3.8, 4) is 0 Å². The van der Waals surface area contributed by atoms with Gasteiger partial charge in [-0.1, -0.05) is 13.8 Å². The van der Waals surface area contributed by atoms with Crippen molar-refractivity contribution in [1.29, 1.82) is 0 Å². The highest BCUT2D eigenvalue weighted by Crippen LogP contribution is 2.17. The first-order valence-corrected chi connectivity index (χ1v) is 9.63. The van der Waals surface area contributed by atoms with E-state index in [-0.39, 0.29) is 0 Å². The van der Waals surface area contributed by atoms with Crippen molar-refractivity contribution < 1.29 is 9.47 Å². The second-order valence-corrected chi connectivity index (χ2v) is 7.07. The van der Waals surface area contributed by atoms with Crippen molar-refractivity contribution in [3.63, 3.8) is 0 Å². The molecule has 0 amide bonds. The molecule has 6 heteroatoms. The summed E-state index contributed by atoms with van der Waals surface area (Å²) in [5.41, 5.74) is 0. The van der Waals surface area contributed by atoms with Crippen LogP contribution in [0.25, 0.3) is 0 Å². The molecule has 2 aliphatic heterocycles. The maximum atomic E-state index is 5.68. The number of hydrogen-bond acceptors (Lipinski definition) is 4. The molecule has 0 aliphatic carbocycles. The van der Waals surface area contributed by atoms with Crippen molar-refractivity contribution in [1.82, 2.24) is 15.1 Å². The number of likely N-dealkylation sites (tertiary alicyclic amines) is 1. The van der Waals surface area contributed by atoms with E-state index in [1.807, 2.05) is 0 Å². The first kappa shape index (κ1) is 19.5. The molecule has 2 heterocycles. The number of ether oxygens (including phenoxy) is 2. The summed E-state index contributed by atoms with van der Waals surface area (Å²) in [6.45, 7) is 15.8. The zero-order chi connectivity index (χ0) is 17.2. The Kier molecular flexibility index (Phi) is 8.84. The average Bonchev–Trinajstić information content (AvgIpc) is 3.07. The Bertz CT molecular complexity index is 370. The quantitative estimate of drug-likeness (QED) is 0.411. The van der Waals surface area contributed by atoms with Gasteiger partial charge in [0.2, 0.25) is 0 Å². The van der Waals surface area contributed by atoms with Crippen molar-refractivity contribution in [3.05, 3.63) is 0 Å². The minimum atomic E-state index is 0.639. The van der Waals surface area contributed by atoms with Crippen LogP contribution in [-0.2, 0) is 9.47 Å². The number of nitrogens with zero attached hydrogens (tertiary/aromatic N) is 3. The first-order valence-electron chi connectivity index (χ1n) is 9.63. The third-order valence-corrected chi connectivity index (χ3v) is 4.70. The van der Waals surface area contributed by atoms with Crippen molar-refractivity contribution in [2.45, 2.75) is 39.7 Å². The van der Waals surface area contributed by atoms with Crippen LogP contribution in [0, 0.1) is 5.92 Å². The summed E-state index contributed by atoms with van der Waals surface area (Å²) in [7, 11) is 0. The maximum absolute atomic E-state index is 5.68. The topological polar surface area (TPSA) is 49.3 Å². The smallest absolute Gasteiger partial charge is 0.194 e. The summed E-state index contributed by atoms with van der Waals surface area (Å²) >= 11 is 0. The molecule has 0 bridgehead atoms. The molecule has 140 valence electrons. The third-order valence-electron chi connectivity index (χ3n) is 4.70. The van der Waals surface area contributed by atoms with Gasteiger partial charge in [-0.25, -0.2) is 0 Å². The summed E-state index contributed by atoms with van der Waals surface area (Å²) in [5.74, 6) is 1.74. The predicted molar refractivity (Wildman–Crippen MR) is 98.6 cm³/mol. The number of hydrogen-bond donors (Lipinski definition) is 1. The molecule has 0 radical (unpaired) electrons. The van der Waals surface area contributed by atoms with Gasteiger partial charge in [0, 0.05) is 45.4 Å². The Morgan fingerprint density at radius 3 is 2.75 bits per heavy atom. The van der Waals surface area contributed by atoms with Crippen LogP contribution in [0.3, 0.4) is 0 Å². The fourth-order valence-electron chi connectivity index (χ4n) is 3.24. The second kappa shape index (κ2) is 10.9. The van der Waals surface area contributed by atoms with Crippen LogP contribution in [-0.4, -0.2) is 87.5 Å². The standard InChI is InChI=1S/C18H36N4O2/c1-4-19-18(20-7-12-23-11-6-16(2)3)22-8-5-17(15-22)21-9-13-24-14-10-21/h16-17H,4-15H2,1-3H3,(H,19,20). The highest BCUT2D eigenvalue weighted by molar-refractivity contribution is 5.80. The van der Waals surface area contributed by atoms with Gasteiger partial charge in [-0.15, -0.1) is 0 Å². The SMILES string of the molecule is CCNC(=NCCOCCC(C)C)N1CCC(N2CCOCC2)C1. The molecule has 6 nitrogen and oxygen atoms in total. The minimum absolute atomic E-state index is 0.639. The Hall–Kier alpha value is -0.850. The summed E-state index contributed by atoms with van der Waals surface area (Å²) < 4.78 is 11.1. The monoisotopic (exact) mass is 340 g/mol. The molecule has 2 rings (SSSR count).